The molecule has 5 heteroatoms. The number of hydrogen-bond acceptors (Lipinski definition) is 4. The van der Waals surface area contributed by atoms with Gasteiger partial charge in [0.2, 0.25) is 0 Å². The van der Waals surface area contributed by atoms with E-state index in [9.17, 15) is 4.79 Å². The summed E-state index contributed by atoms with van der Waals surface area (Å²) in [4.78, 5) is 16.0. The second-order valence-corrected chi connectivity index (χ2v) is 6.66. The number of aromatic nitrogens is 1. The molecule has 0 aliphatic heterocycles. The zero-order valence-corrected chi connectivity index (χ0v) is 14.5. The first-order chi connectivity index (χ1) is 11.4. The van der Waals surface area contributed by atoms with Crippen LogP contribution in [-0.2, 0) is 17.9 Å². The van der Waals surface area contributed by atoms with Crippen molar-refractivity contribution in [1.29, 1.82) is 0 Å². The highest BCUT2D eigenvalue weighted by Gasteiger charge is 2.14. The number of carbonyl (C=O) groups excluding carboxylic acids is 1. The fraction of sp³-hybridized carbons (Fsp3) is 0.368. The molecule has 0 fully saturated rings. The Hall–Kier alpha value is -2.40. The van der Waals surface area contributed by atoms with Gasteiger partial charge in [-0.3, -0.25) is 9.78 Å². The molecule has 0 saturated carbocycles. The van der Waals surface area contributed by atoms with Gasteiger partial charge in [0.1, 0.15) is 5.75 Å². The van der Waals surface area contributed by atoms with Crippen LogP contribution in [-0.4, -0.2) is 23.0 Å². The predicted molar refractivity (Wildman–Crippen MR) is 94.6 cm³/mol. The average molecular weight is 327 g/mol. The number of nitrogens with one attached hydrogen (secondary N) is 2. The van der Waals surface area contributed by atoms with Crippen molar-refractivity contribution in [2.45, 2.75) is 39.4 Å². The monoisotopic (exact) mass is 327 g/mol. The Balaban J connectivity index is 1.86. The number of pyridine rings is 1. The molecule has 2 N–H and O–H groups in total. The molecule has 0 radical (unpaired) electrons. The van der Waals surface area contributed by atoms with Crippen molar-refractivity contribution >= 4 is 5.91 Å². The van der Waals surface area contributed by atoms with Gasteiger partial charge in [0.15, 0.2) is 6.61 Å². The van der Waals surface area contributed by atoms with Crippen LogP contribution in [0.5, 0.6) is 5.75 Å². The van der Waals surface area contributed by atoms with Gasteiger partial charge in [-0.05, 0) is 38.5 Å². The van der Waals surface area contributed by atoms with Crippen molar-refractivity contribution in [1.82, 2.24) is 15.6 Å². The molecule has 1 aromatic carbocycles. The van der Waals surface area contributed by atoms with Gasteiger partial charge >= 0.3 is 0 Å². The van der Waals surface area contributed by atoms with E-state index < -0.39 is 0 Å². The number of benzene rings is 1. The summed E-state index contributed by atoms with van der Waals surface area (Å²) in [6, 6.07) is 11.7. The number of amides is 1. The zero-order valence-electron chi connectivity index (χ0n) is 14.5. The Morgan fingerprint density at radius 2 is 1.92 bits per heavy atom. The fourth-order valence-corrected chi connectivity index (χ4v) is 2.23. The van der Waals surface area contributed by atoms with E-state index in [1.165, 1.54) is 0 Å². The molecule has 2 aromatic rings. The summed E-state index contributed by atoms with van der Waals surface area (Å²) in [5.74, 6) is 0.598. The summed E-state index contributed by atoms with van der Waals surface area (Å²) < 4.78 is 5.68. The lowest BCUT2D eigenvalue weighted by molar-refractivity contribution is -0.124. The summed E-state index contributed by atoms with van der Waals surface area (Å²) in [7, 11) is 0. The van der Waals surface area contributed by atoms with Crippen molar-refractivity contribution in [3.8, 4) is 5.75 Å². The molecule has 2 rings (SSSR count). The van der Waals surface area contributed by atoms with Gasteiger partial charge in [0.25, 0.3) is 5.91 Å². The Morgan fingerprint density at radius 1 is 1.12 bits per heavy atom. The number of rotatable bonds is 7. The number of ether oxygens (including phenoxy) is 1. The average Bonchev–Trinajstić information content (AvgIpc) is 2.53. The summed E-state index contributed by atoms with van der Waals surface area (Å²) in [6.45, 7) is 7.24. The molecule has 0 saturated heterocycles. The number of carbonyl (C=O) groups is 1. The Morgan fingerprint density at radius 3 is 2.62 bits per heavy atom. The molecule has 0 spiro atoms. The molecule has 1 heterocycles. The van der Waals surface area contributed by atoms with Gasteiger partial charge < -0.3 is 15.4 Å². The number of para-hydroxylation sites is 1. The summed E-state index contributed by atoms with van der Waals surface area (Å²) in [5.41, 5.74) is 1.89. The number of hydrogen-bond donors (Lipinski definition) is 2. The largest absolute Gasteiger partial charge is 0.483 e. The Labute approximate surface area is 143 Å². The molecule has 5 nitrogen and oxygen atoms in total. The van der Waals surface area contributed by atoms with Gasteiger partial charge in [0.05, 0.1) is 0 Å². The van der Waals surface area contributed by atoms with Crippen molar-refractivity contribution < 1.29 is 9.53 Å². The lowest BCUT2D eigenvalue weighted by Gasteiger charge is -2.20. The highest BCUT2D eigenvalue weighted by atomic mass is 16.5. The zero-order chi connectivity index (χ0) is 17.4. The van der Waals surface area contributed by atoms with E-state index in [0.717, 1.165) is 23.4 Å². The predicted octanol–water partition coefficient (Wildman–Crippen LogP) is 2.66. The second-order valence-electron chi connectivity index (χ2n) is 6.66. The molecule has 1 aromatic heterocycles. The van der Waals surface area contributed by atoms with Crippen LogP contribution in [0.4, 0.5) is 0 Å². The quantitative estimate of drug-likeness (QED) is 0.821. The standard InChI is InChI=1S/C19H25N3O2/c1-19(2,3)22-18(23)14-24-17-9-5-4-8-16(17)13-21-12-15-7-6-10-20-11-15/h4-11,21H,12-14H2,1-3H3,(H,22,23). The molecular formula is C19H25N3O2. The van der Waals surface area contributed by atoms with Gasteiger partial charge in [-0.1, -0.05) is 24.3 Å². The van der Waals surface area contributed by atoms with Gasteiger partial charge in [0, 0.05) is 36.6 Å². The van der Waals surface area contributed by atoms with E-state index in [2.05, 4.69) is 15.6 Å². The normalized spacial score (nSPS) is 11.1. The lowest BCUT2D eigenvalue weighted by atomic mass is 10.1. The first-order valence-electron chi connectivity index (χ1n) is 8.05. The van der Waals surface area contributed by atoms with Crippen LogP contribution >= 0.6 is 0 Å². The van der Waals surface area contributed by atoms with Gasteiger partial charge in [-0.25, -0.2) is 0 Å². The van der Waals surface area contributed by atoms with Crippen LogP contribution in [0.3, 0.4) is 0 Å². The van der Waals surface area contributed by atoms with Crippen LogP contribution < -0.4 is 15.4 Å². The third-order valence-electron chi connectivity index (χ3n) is 3.21. The van der Waals surface area contributed by atoms with E-state index in [-0.39, 0.29) is 18.1 Å². The van der Waals surface area contributed by atoms with Crippen LogP contribution in [0.25, 0.3) is 0 Å². The van der Waals surface area contributed by atoms with Crippen LogP contribution in [0.2, 0.25) is 0 Å². The highest BCUT2D eigenvalue weighted by molar-refractivity contribution is 5.78. The van der Waals surface area contributed by atoms with Crippen LogP contribution in [0.1, 0.15) is 31.9 Å². The first-order valence-corrected chi connectivity index (χ1v) is 8.05. The molecular weight excluding hydrogens is 302 g/mol. The van der Waals surface area contributed by atoms with Crippen LogP contribution in [0, 0.1) is 0 Å². The maximum Gasteiger partial charge on any atom is 0.258 e. The molecule has 1 amide bonds. The van der Waals surface area contributed by atoms with Crippen molar-refractivity contribution in [2.75, 3.05) is 6.61 Å². The van der Waals surface area contributed by atoms with E-state index in [1.54, 1.807) is 6.20 Å². The molecule has 24 heavy (non-hydrogen) atoms. The number of nitrogens with zero attached hydrogens (tertiary/aromatic N) is 1. The lowest BCUT2D eigenvalue weighted by Crippen LogP contribution is -2.43. The summed E-state index contributed by atoms with van der Waals surface area (Å²) >= 11 is 0. The SMILES string of the molecule is CC(C)(C)NC(=O)COc1ccccc1CNCc1cccnc1. The molecule has 128 valence electrons. The molecule has 0 unspecified atom stereocenters. The third-order valence-corrected chi connectivity index (χ3v) is 3.21. The van der Waals surface area contributed by atoms with E-state index in [0.29, 0.717) is 6.54 Å². The van der Waals surface area contributed by atoms with Crippen molar-refractivity contribution in [3.63, 3.8) is 0 Å². The molecule has 0 atom stereocenters. The third kappa shape index (κ3) is 6.38. The van der Waals surface area contributed by atoms with Crippen LogP contribution in [0.15, 0.2) is 48.8 Å². The summed E-state index contributed by atoms with van der Waals surface area (Å²) in [5, 5.41) is 6.25. The van der Waals surface area contributed by atoms with E-state index >= 15 is 0 Å². The highest BCUT2D eigenvalue weighted by Crippen LogP contribution is 2.17. The van der Waals surface area contributed by atoms with Crippen molar-refractivity contribution in [2.24, 2.45) is 0 Å². The molecule has 0 aliphatic rings. The van der Waals surface area contributed by atoms with Crippen molar-refractivity contribution in [3.05, 3.63) is 59.9 Å². The Kier molecular flexibility index (Phi) is 6.32. The van der Waals surface area contributed by atoms with E-state index in [1.807, 2.05) is 63.4 Å². The minimum absolute atomic E-state index is 0.0108. The topological polar surface area (TPSA) is 63.2 Å². The first kappa shape index (κ1) is 17.9. The van der Waals surface area contributed by atoms with E-state index in [4.69, 9.17) is 4.74 Å². The smallest absolute Gasteiger partial charge is 0.258 e. The van der Waals surface area contributed by atoms with Gasteiger partial charge in [-0.2, -0.15) is 0 Å². The fourth-order valence-electron chi connectivity index (χ4n) is 2.23. The minimum Gasteiger partial charge on any atom is -0.483 e. The minimum atomic E-state index is -0.259. The second kappa shape index (κ2) is 8.45. The maximum absolute atomic E-state index is 11.9. The molecule has 0 aliphatic carbocycles. The Bertz CT molecular complexity index is 651. The molecule has 0 bridgehead atoms. The maximum atomic E-state index is 11.9. The van der Waals surface area contributed by atoms with Gasteiger partial charge in [-0.15, -0.1) is 0 Å². The summed E-state index contributed by atoms with van der Waals surface area (Å²) in [6.07, 6.45) is 3.60.